The SMILES string of the molecule is CCCNc1ncc(Br)c(Oc2ccc(Cl)c(CC)c2)n1. The number of nitrogens with zero attached hydrogens (tertiary/aromatic N) is 2. The van der Waals surface area contributed by atoms with Crippen molar-refractivity contribution in [2.75, 3.05) is 11.9 Å². The van der Waals surface area contributed by atoms with Crippen LogP contribution in [-0.4, -0.2) is 16.5 Å². The van der Waals surface area contributed by atoms with Crippen molar-refractivity contribution in [3.05, 3.63) is 39.5 Å². The van der Waals surface area contributed by atoms with Gasteiger partial charge in [-0.2, -0.15) is 4.98 Å². The van der Waals surface area contributed by atoms with Gasteiger partial charge in [-0.05, 0) is 52.5 Å². The van der Waals surface area contributed by atoms with Crippen LogP contribution in [0.1, 0.15) is 25.8 Å². The highest BCUT2D eigenvalue weighted by Crippen LogP contribution is 2.30. The van der Waals surface area contributed by atoms with E-state index in [0.717, 1.165) is 30.0 Å². The number of nitrogens with one attached hydrogen (secondary N) is 1. The number of rotatable bonds is 6. The van der Waals surface area contributed by atoms with E-state index in [1.807, 2.05) is 18.2 Å². The fourth-order valence-electron chi connectivity index (χ4n) is 1.74. The van der Waals surface area contributed by atoms with Crippen LogP contribution in [0.5, 0.6) is 11.6 Å². The average molecular weight is 371 g/mol. The summed E-state index contributed by atoms with van der Waals surface area (Å²) in [5.41, 5.74) is 1.05. The molecule has 0 amide bonds. The zero-order valence-corrected chi connectivity index (χ0v) is 14.3. The average Bonchev–Trinajstić information content (AvgIpc) is 2.50. The maximum atomic E-state index is 6.11. The first-order valence-corrected chi connectivity index (χ1v) is 8.03. The number of ether oxygens (including phenoxy) is 1. The first kappa shape index (κ1) is 16.0. The van der Waals surface area contributed by atoms with E-state index in [2.05, 4.69) is 45.1 Å². The van der Waals surface area contributed by atoms with Crippen molar-refractivity contribution in [1.82, 2.24) is 9.97 Å². The maximum Gasteiger partial charge on any atom is 0.238 e. The maximum absolute atomic E-state index is 6.11. The Morgan fingerprint density at radius 2 is 2.14 bits per heavy atom. The first-order chi connectivity index (χ1) is 10.1. The second-order valence-corrected chi connectivity index (χ2v) is 5.74. The van der Waals surface area contributed by atoms with Gasteiger partial charge in [0.15, 0.2) is 0 Å². The number of halogens is 2. The molecule has 1 heterocycles. The first-order valence-electron chi connectivity index (χ1n) is 6.86. The number of hydrogen-bond donors (Lipinski definition) is 1. The third-order valence-corrected chi connectivity index (χ3v) is 3.77. The van der Waals surface area contributed by atoms with Crippen molar-refractivity contribution in [3.63, 3.8) is 0 Å². The quantitative estimate of drug-likeness (QED) is 0.771. The Morgan fingerprint density at radius 1 is 1.33 bits per heavy atom. The zero-order valence-electron chi connectivity index (χ0n) is 12.0. The summed E-state index contributed by atoms with van der Waals surface area (Å²) in [7, 11) is 0. The van der Waals surface area contributed by atoms with E-state index in [1.54, 1.807) is 6.20 Å². The van der Waals surface area contributed by atoms with Gasteiger partial charge in [0.1, 0.15) is 5.75 Å². The Bertz CT molecular complexity index is 622. The lowest BCUT2D eigenvalue weighted by atomic mass is 10.1. The molecule has 0 atom stereocenters. The summed E-state index contributed by atoms with van der Waals surface area (Å²) in [6, 6.07) is 5.59. The number of aryl methyl sites for hydroxylation is 1. The second kappa shape index (κ2) is 7.61. The minimum Gasteiger partial charge on any atom is -0.438 e. The third-order valence-electron chi connectivity index (χ3n) is 2.86. The van der Waals surface area contributed by atoms with E-state index in [4.69, 9.17) is 16.3 Å². The number of anilines is 1. The van der Waals surface area contributed by atoms with Crippen molar-refractivity contribution in [1.29, 1.82) is 0 Å². The molecule has 0 aliphatic carbocycles. The summed E-state index contributed by atoms with van der Waals surface area (Å²) in [5.74, 6) is 1.74. The summed E-state index contributed by atoms with van der Waals surface area (Å²) in [5, 5.41) is 3.88. The second-order valence-electron chi connectivity index (χ2n) is 4.48. The van der Waals surface area contributed by atoms with Crippen molar-refractivity contribution < 1.29 is 4.74 Å². The molecule has 0 aliphatic rings. The zero-order chi connectivity index (χ0) is 15.2. The van der Waals surface area contributed by atoms with Crippen LogP contribution < -0.4 is 10.1 Å². The highest BCUT2D eigenvalue weighted by Gasteiger charge is 2.09. The van der Waals surface area contributed by atoms with E-state index in [-0.39, 0.29) is 0 Å². The van der Waals surface area contributed by atoms with Gasteiger partial charge < -0.3 is 10.1 Å². The summed E-state index contributed by atoms with van der Waals surface area (Å²) in [6.45, 7) is 4.96. The van der Waals surface area contributed by atoms with Crippen LogP contribution in [0.25, 0.3) is 0 Å². The van der Waals surface area contributed by atoms with Crippen LogP contribution in [0.2, 0.25) is 5.02 Å². The Labute approximate surface area is 138 Å². The molecule has 4 nitrogen and oxygen atoms in total. The molecule has 0 radical (unpaired) electrons. The molecule has 0 saturated heterocycles. The molecule has 2 aromatic rings. The van der Waals surface area contributed by atoms with Gasteiger partial charge in [0.05, 0.1) is 10.7 Å². The molecule has 0 saturated carbocycles. The lowest BCUT2D eigenvalue weighted by Crippen LogP contribution is -2.05. The molecular formula is C15H17BrClN3O. The molecular weight excluding hydrogens is 354 g/mol. The highest BCUT2D eigenvalue weighted by atomic mass is 79.9. The molecule has 0 fully saturated rings. The summed E-state index contributed by atoms with van der Waals surface area (Å²) >= 11 is 9.51. The Kier molecular flexibility index (Phi) is 5.82. The van der Waals surface area contributed by atoms with E-state index >= 15 is 0 Å². The van der Waals surface area contributed by atoms with Gasteiger partial charge in [0.25, 0.3) is 0 Å². The smallest absolute Gasteiger partial charge is 0.238 e. The van der Waals surface area contributed by atoms with Gasteiger partial charge in [-0.25, -0.2) is 4.98 Å². The highest BCUT2D eigenvalue weighted by molar-refractivity contribution is 9.10. The number of benzene rings is 1. The molecule has 0 bridgehead atoms. The minimum atomic E-state index is 0.480. The molecule has 1 aromatic heterocycles. The Hall–Kier alpha value is -1.33. The largest absolute Gasteiger partial charge is 0.438 e. The van der Waals surface area contributed by atoms with Crippen LogP contribution in [0.3, 0.4) is 0 Å². The normalized spacial score (nSPS) is 10.5. The van der Waals surface area contributed by atoms with Gasteiger partial charge in [0.2, 0.25) is 11.8 Å². The molecule has 1 N–H and O–H groups in total. The van der Waals surface area contributed by atoms with Crippen molar-refractivity contribution in [3.8, 4) is 11.6 Å². The monoisotopic (exact) mass is 369 g/mol. The van der Waals surface area contributed by atoms with Crippen molar-refractivity contribution >= 4 is 33.5 Å². The van der Waals surface area contributed by atoms with E-state index in [0.29, 0.717) is 22.1 Å². The van der Waals surface area contributed by atoms with Gasteiger partial charge in [-0.1, -0.05) is 25.4 Å². The topological polar surface area (TPSA) is 47.0 Å². The molecule has 0 unspecified atom stereocenters. The predicted molar refractivity (Wildman–Crippen MR) is 89.4 cm³/mol. The number of aromatic nitrogens is 2. The number of hydrogen-bond acceptors (Lipinski definition) is 4. The predicted octanol–water partition coefficient (Wildman–Crippen LogP) is 5.07. The summed E-state index contributed by atoms with van der Waals surface area (Å²) in [4.78, 5) is 8.55. The standard InChI is InChI=1S/C15H17BrClN3O/c1-3-7-18-15-19-9-12(16)14(20-15)21-11-5-6-13(17)10(4-2)8-11/h5-6,8-9H,3-4,7H2,1-2H3,(H,18,19,20). The molecule has 112 valence electrons. The van der Waals surface area contributed by atoms with Crippen LogP contribution in [0.4, 0.5) is 5.95 Å². The van der Waals surface area contributed by atoms with Crippen molar-refractivity contribution in [2.45, 2.75) is 26.7 Å². The van der Waals surface area contributed by atoms with E-state index < -0.39 is 0 Å². The van der Waals surface area contributed by atoms with E-state index in [9.17, 15) is 0 Å². The molecule has 6 heteroatoms. The molecule has 0 spiro atoms. The van der Waals surface area contributed by atoms with Crippen LogP contribution >= 0.6 is 27.5 Å². The van der Waals surface area contributed by atoms with Gasteiger partial charge in [-0.15, -0.1) is 0 Å². The third kappa shape index (κ3) is 4.32. The molecule has 0 aliphatic heterocycles. The van der Waals surface area contributed by atoms with Crippen LogP contribution in [0, 0.1) is 0 Å². The summed E-state index contributed by atoms with van der Waals surface area (Å²) in [6.07, 6.45) is 3.54. The summed E-state index contributed by atoms with van der Waals surface area (Å²) < 4.78 is 6.54. The van der Waals surface area contributed by atoms with E-state index in [1.165, 1.54) is 0 Å². The minimum absolute atomic E-state index is 0.480. The fraction of sp³-hybridized carbons (Fsp3) is 0.333. The molecule has 2 rings (SSSR count). The van der Waals surface area contributed by atoms with Gasteiger partial charge >= 0.3 is 0 Å². The molecule has 1 aromatic carbocycles. The van der Waals surface area contributed by atoms with Gasteiger partial charge in [0, 0.05) is 11.6 Å². The van der Waals surface area contributed by atoms with Crippen LogP contribution in [-0.2, 0) is 6.42 Å². The van der Waals surface area contributed by atoms with Crippen molar-refractivity contribution in [2.24, 2.45) is 0 Å². The lowest BCUT2D eigenvalue weighted by Gasteiger charge is -2.10. The molecule has 21 heavy (non-hydrogen) atoms. The fourth-order valence-corrected chi connectivity index (χ4v) is 2.27. The lowest BCUT2D eigenvalue weighted by molar-refractivity contribution is 0.458. The van der Waals surface area contributed by atoms with Crippen LogP contribution in [0.15, 0.2) is 28.9 Å². The Morgan fingerprint density at radius 3 is 2.86 bits per heavy atom. The Balaban J connectivity index is 2.22. The van der Waals surface area contributed by atoms with Gasteiger partial charge in [-0.3, -0.25) is 0 Å².